The quantitative estimate of drug-likeness (QED) is 0.771. The van der Waals surface area contributed by atoms with Crippen LogP contribution in [0.15, 0.2) is 35.1 Å². The zero-order valence-corrected chi connectivity index (χ0v) is 10.7. The summed E-state index contributed by atoms with van der Waals surface area (Å²) in [5, 5.41) is 3.35. The molecule has 6 nitrogen and oxygen atoms in total. The van der Waals surface area contributed by atoms with Gasteiger partial charge in [-0.15, -0.1) is 0 Å². The van der Waals surface area contributed by atoms with Gasteiger partial charge in [0.1, 0.15) is 0 Å². The Balaban J connectivity index is 2.07. The number of para-hydroxylation sites is 1. The Labute approximate surface area is 114 Å². The van der Waals surface area contributed by atoms with Crippen molar-refractivity contribution in [2.24, 2.45) is 0 Å². The van der Waals surface area contributed by atoms with Crippen LogP contribution in [0.25, 0.3) is 10.9 Å². The van der Waals surface area contributed by atoms with E-state index in [0.717, 1.165) is 0 Å². The molecule has 0 spiro atoms. The number of carbonyl (C=O) groups excluding carboxylic acids is 2. The fourth-order valence-electron chi connectivity index (χ4n) is 2.36. The predicted octanol–water partition coefficient (Wildman–Crippen LogP) is 0.100. The summed E-state index contributed by atoms with van der Waals surface area (Å²) in [6, 6.07) is 8.41. The fraction of sp³-hybridized carbons (Fsp3) is 0.214. The Morgan fingerprint density at radius 3 is 2.80 bits per heavy atom. The molecule has 2 amide bonds. The highest BCUT2D eigenvalue weighted by Crippen LogP contribution is 2.16. The van der Waals surface area contributed by atoms with Gasteiger partial charge in [-0.3, -0.25) is 14.4 Å². The number of amides is 2. The lowest BCUT2D eigenvalue weighted by Gasteiger charge is -2.27. The summed E-state index contributed by atoms with van der Waals surface area (Å²) in [5.74, 6) is -0.471. The summed E-state index contributed by atoms with van der Waals surface area (Å²) in [6.07, 6.45) is 0. The molecule has 0 atom stereocenters. The molecule has 1 saturated heterocycles. The number of nitrogens with zero attached hydrogens (tertiary/aromatic N) is 1. The maximum atomic E-state index is 12.5. The third-order valence-electron chi connectivity index (χ3n) is 3.31. The van der Waals surface area contributed by atoms with E-state index in [-0.39, 0.29) is 23.9 Å². The number of benzene rings is 1. The molecule has 102 valence electrons. The first-order valence-corrected chi connectivity index (χ1v) is 6.33. The van der Waals surface area contributed by atoms with Gasteiger partial charge in [0.25, 0.3) is 5.91 Å². The van der Waals surface area contributed by atoms with Crippen LogP contribution < -0.4 is 10.9 Å². The second kappa shape index (κ2) is 4.80. The van der Waals surface area contributed by atoms with E-state index in [4.69, 9.17) is 0 Å². The van der Waals surface area contributed by atoms with Crippen molar-refractivity contribution in [3.8, 4) is 0 Å². The molecular weight excluding hydrogens is 258 g/mol. The van der Waals surface area contributed by atoms with Crippen LogP contribution in [-0.4, -0.2) is 41.3 Å². The number of piperazine rings is 1. The van der Waals surface area contributed by atoms with Crippen LogP contribution in [0.1, 0.15) is 10.4 Å². The fourth-order valence-corrected chi connectivity index (χ4v) is 2.36. The van der Waals surface area contributed by atoms with Crippen LogP contribution in [0, 0.1) is 0 Å². The third kappa shape index (κ3) is 2.16. The molecule has 0 unspecified atom stereocenters. The molecule has 0 aliphatic carbocycles. The van der Waals surface area contributed by atoms with Crippen LogP contribution in [-0.2, 0) is 4.79 Å². The number of nitrogens with one attached hydrogen (secondary N) is 2. The molecule has 1 aromatic carbocycles. The highest BCUT2D eigenvalue weighted by Gasteiger charge is 2.23. The van der Waals surface area contributed by atoms with E-state index >= 15 is 0 Å². The minimum absolute atomic E-state index is 0.0277. The van der Waals surface area contributed by atoms with Crippen molar-refractivity contribution in [3.63, 3.8) is 0 Å². The van der Waals surface area contributed by atoms with E-state index in [2.05, 4.69) is 10.3 Å². The molecule has 2 N–H and O–H groups in total. The van der Waals surface area contributed by atoms with Gasteiger partial charge in [-0.1, -0.05) is 18.2 Å². The van der Waals surface area contributed by atoms with Gasteiger partial charge in [-0.25, -0.2) is 0 Å². The molecule has 0 bridgehead atoms. The van der Waals surface area contributed by atoms with E-state index in [0.29, 0.717) is 29.6 Å². The number of aromatic amines is 1. The number of H-pyrrole nitrogens is 1. The number of hydrogen-bond acceptors (Lipinski definition) is 3. The minimum atomic E-state index is -0.325. The van der Waals surface area contributed by atoms with Gasteiger partial charge in [0, 0.05) is 30.1 Å². The Morgan fingerprint density at radius 2 is 2.00 bits per heavy atom. The molecule has 6 heteroatoms. The smallest absolute Gasteiger partial charge is 0.255 e. The zero-order chi connectivity index (χ0) is 14.1. The Hall–Kier alpha value is -2.63. The molecule has 1 aliphatic rings. The van der Waals surface area contributed by atoms with Crippen LogP contribution >= 0.6 is 0 Å². The molecule has 1 aromatic heterocycles. The highest BCUT2D eigenvalue weighted by atomic mass is 16.2. The van der Waals surface area contributed by atoms with Crippen LogP contribution in [0.5, 0.6) is 0 Å². The standard InChI is InChI=1S/C14H13N3O3/c18-12-7-10(9-3-1-2-4-11(9)16-12)14(20)17-6-5-15-13(19)8-17/h1-4,7H,5-6,8H2,(H,15,19)(H,16,18). The van der Waals surface area contributed by atoms with Crippen LogP contribution in [0.4, 0.5) is 0 Å². The largest absolute Gasteiger partial charge is 0.353 e. The van der Waals surface area contributed by atoms with E-state index in [1.165, 1.54) is 11.0 Å². The average molecular weight is 271 g/mol. The average Bonchev–Trinajstić information content (AvgIpc) is 2.45. The van der Waals surface area contributed by atoms with Crippen molar-refractivity contribution < 1.29 is 9.59 Å². The lowest BCUT2D eigenvalue weighted by molar-refractivity contribution is -0.123. The van der Waals surface area contributed by atoms with Crippen molar-refractivity contribution in [1.82, 2.24) is 15.2 Å². The van der Waals surface area contributed by atoms with E-state index in [1.807, 2.05) is 0 Å². The van der Waals surface area contributed by atoms with Crippen molar-refractivity contribution in [2.75, 3.05) is 19.6 Å². The number of fused-ring (bicyclic) bond motifs is 1. The summed E-state index contributed by atoms with van der Waals surface area (Å²) in [7, 11) is 0. The Morgan fingerprint density at radius 1 is 1.20 bits per heavy atom. The normalized spacial score (nSPS) is 15.2. The van der Waals surface area contributed by atoms with Gasteiger partial charge in [-0.05, 0) is 6.07 Å². The van der Waals surface area contributed by atoms with E-state index < -0.39 is 0 Å². The SMILES string of the molecule is O=C1CN(C(=O)c2cc(=O)[nH]c3ccccc23)CCN1. The zero-order valence-electron chi connectivity index (χ0n) is 10.7. The van der Waals surface area contributed by atoms with E-state index in [1.54, 1.807) is 24.3 Å². The van der Waals surface area contributed by atoms with Crippen molar-refractivity contribution >= 4 is 22.7 Å². The van der Waals surface area contributed by atoms with Gasteiger partial charge in [0.2, 0.25) is 11.5 Å². The second-order valence-corrected chi connectivity index (χ2v) is 4.67. The summed E-state index contributed by atoms with van der Waals surface area (Å²) in [6.45, 7) is 0.914. The first kappa shape index (κ1) is 12.4. The summed E-state index contributed by atoms with van der Waals surface area (Å²) in [4.78, 5) is 39.7. The number of pyridine rings is 1. The molecule has 1 fully saturated rings. The molecule has 1 aliphatic heterocycles. The van der Waals surface area contributed by atoms with Gasteiger partial charge in [-0.2, -0.15) is 0 Å². The molecule has 0 radical (unpaired) electrons. The number of aromatic nitrogens is 1. The molecular formula is C14H13N3O3. The maximum absolute atomic E-state index is 12.5. The number of carbonyl (C=O) groups is 2. The summed E-state index contributed by atoms with van der Waals surface area (Å²) in [5.41, 5.74) is 0.623. The third-order valence-corrected chi connectivity index (χ3v) is 3.31. The maximum Gasteiger partial charge on any atom is 0.255 e. The highest BCUT2D eigenvalue weighted by molar-refractivity contribution is 6.07. The summed E-state index contributed by atoms with van der Waals surface area (Å²) >= 11 is 0. The molecule has 0 saturated carbocycles. The van der Waals surface area contributed by atoms with Crippen LogP contribution in [0.3, 0.4) is 0 Å². The van der Waals surface area contributed by atoms with Crippen molar-refractivity contribution in [2.45, 2.75) is 0 Å². The first-order chi connectivity index (χ1) is 9.65. The first-order valence-electron chi connectivity index (χ1n) is 6.33. The van der Waals surface area contributed by atoms with Gasteiger partial charge < -0.3 is 15.2 Å². The second-order valence-electron chi connectivity index (χ2n) is 4.67. The molecule has 3 rings (SSSR count). The predicted molar refractivity (Wildman–Crippen MR) is 73.5 cm³/mol. The topological polar surface area (TPSA) is 82.3 Å². The number of rotatable bonds is 1. The molecule has 2 aromatic rings. The van der Waals surface area contributed by atoms with Gasteiger partial charge in [0.05, 0.1) is 12.1 Å². The molecule has 20 heavy (non-hydrogen) atoms. The minimum Gasteiger partial charge on any atom is -0.353 e. The van der Waals surface area contributed by atoms with Crippen molar-refractivity contribution in [1.29, 1.82) is 0 Å². The van der Waals surface area contributed by atoms with Gasteiger partial charge in [0.15, 0.2) is 0 Å². The lowest BCUT2D eigenvalue weighted by atomic mass is 10.1. The number of hydrogen-bond donors (Lipinski definition) is 2. The Kier molecular flexibility index (Phi) is 2.98. The Bertz CT molecular complexity index is 751. The van der Waals surface area contributed by atoms with Crippen molar-refractivity contribution in [3.05, 3.63) is 46.2 Å². The lowest BCUT2D eigenvalue weighted by Crippen LogP contribution is -2.50. The monoisotopic (exact) mass is 271 g/mol. The summed E-state index contributed by atoms with van der Waals surface area (Å²) < 4.78 is 0. The molecule has 2 heterocycles. The van der Waals surface area contributed by atoms with E-state index in [9.17, 15) is 14.4 Å². The van der Waals surface area contributed by atoms with Crippen LogP contribution in [0.2, 0.25) is 0 Å². The van der Waals surface area contributed by atoms with Gasteiger partial charge >= 0.3 is 0 Å².